The Hall–Kier alpha value is -3.24. The molecule has 0 atom stereocenters. The summed E-state index contributed by atoms with van der Waals surface area (Å²) in [5.74, 6) is 0.845. The van der Waals surface area contributed by atoms with Crippen molar-refractivity contribution in [3.63, 3.8) is 0 Å². The summed E-state index contributed by atoms with van der Waals surface area (Å²) in [6.07, 6.45) is 3.37. The minimum Gasteiger partial charge on any atom is -0.460 e. The van der Waals surface area contributed by atoms with Crippen LogP contribution in [-0.2, 0) is 4.74 Å². The second-order valence-electron chi connectivity index (χ2n) is 7.59. The van der Waals surface area contributed by atoms with Gasteiger partial charge in [-0.05, 0) is 19.9 Å². The van der Waals surface area contributed by atoms with Gasteiger partial charge in [0.1, 0.15) is 6.61 Å². The van der Waals surface area contributed by atoms with Gasteiger partial charge in [-0.3, -0.25) is 5.43 Å². The highest BCUT2D eigenvalue weighted by atomic mass is 16.5. The molecule has 0 aliphatic carbocycles. The number of anilines is 2. The zero-order chi connectivity index (χ0) is 21.0. The van der Waals surface area contributed by atoms with Crippen molar-refractivity contribution in [2.75, 3.05) is 43.2 Å². The van der Waals surface area contributed by atoms with Gasteiger partial charge in [-0.15, -0.1) is 0 Å². The van der Waals surface area contributed by atoms with Gasteiger partial charge in [-0.25, -0.2) is 0 Å². The number of rotatable bonds is 7. The number of aromatic amines is 1. The second kappa shape index (κ2) is 8.64. The number of para-hydroxylation sites is 1. The summed E-state index contributed by atoms with van der Waals surface area (Å²) in [5, 5.41) is 15.2. The van der Waals surface area contributed by atoms with Crippen LogP contribution in [0.2, 0.25) is 0 Å². The zero-order valence-electron chi connectivity index (χ0n) is 17.0. The van der Waals surface area contributed by atoms with Crippen molar-refractivity contribution in [2.24, 2.45) is 5.10 Å². The number of aromatic nitrogens is 4. The molecule has 4 rings (SSSR count). The number of benzene rings is 1. The van der Waals surface area contributed by atoms with Crippen LogP contribution in [0.5, 0.6) is 6.01 Å². The van der Waals surface area contributed by atoms with E-state index in [1.165, 1.54) is 6.21 Å². The Morgan fingerprint density at radius 2 is 2.07 bits per heavy atom. The number of ether oxygens (including phenoxy) is 2. The van der Waals surface area contributed by atoms with Crippen molar-refractivity contribution in [1.82, 2.24) is 19.9 Å². The first kappa shape index (κ1) is 20.0. The molecule has 0 saturated carbocycles. The number of nitrogens with zero attached hydrogens (tertiary/aromatic N) is 5. The van der Waals surface area contributed by atoms with Gasteiger partial charge in [-0.2, -0.15) is 20.1 Å². The smallest absolute Gasteiger partial charge is 0.321 e. The molecular formula is C20H25N7O3. The van der Waals surface area contributed by atoms with E-state index in [4.69, 9.17) is 9.47 Å². The van der Waals surface area contributed by atoms with Gasteiger partial charge in [0.25, 0.3) is 0 Å². The minimum absolute atomic E-state index is 0.0593. The standard InChI is InChI=1S/C20H25N7O3/c1-20(2,28)13-30-19-24-17(23-18(25-19)27-7-9-29-10-8-27)12-22-26-16-11-21-15-6-4-3-5-14(15)16/h3-6,11-12,21,26,28H,7-10,13H2,1-2H3/b22-12+. The molecule has 1 fully saturated rings. The molecule has 3 aromatic rings. The van der Waals surface area contributed by atoms with Crippen LogP contribution >= 0.6 is 0 Å². The average Bonchev–Trinajstić information content (AvgIpc) is 3.16. The Kier molecular flexibility index (Phi) is 5.77. The summed E-state index contributed by atoms with van der Waals surface area (Å²) < 4.78 is 11.0. The molecule has 10 nitrogen and oxygen atoms in total. The summed E-state index contributed by atoms with van der Waals surface area (Å²) in [4.78, 5) is 18.4. The third-order valence-electron chi connectivity index (χ3n) is 4.42. The molecule has 0 amide bonds. The molecule has 158 valence electrons. The molecule has 1 aliphatic rings. The van der Waals surface area contributed by atoms with Gasteiger partial charge in [0.15, 0.2) is 5.82 Å². The number of fused-ring (bicyclic) bond motifs is 1. The van der Waals surface area contributed by atoms with Crippen molar-refractivity contribution >= 4 is 28.8 Å². The number of hydrogen-bond acceptors (Lipinski definition) is 9. The van der Waals surface area contributed by atoms with E-state index < -0.39 is 5.60 Å². The third kappa shape index (κ3) is 5.02. The maximum absolute atomic E-state index is 9.94. The Labute approximate surface area is 174 Å². The molecule has 3 N–H and O–H groups in total. The SMILES string of the molecule is CC(C)(O)COc1nc(/C=N/Nc2c[nH]c3ccccc23)nc(N2CCOCC2)n1. The molecule has 0 unspecified atom stereocenters. The van der Waals surface area contributed by atoms with Crippen LogP contribution in [0.4, 0.5) is 11.6 Å². The monoisotopic (exact) mass is 411 g/mol. The molecule has 0 radical (unpaired) electrons. The lowest BCUT2D eigenvalue weighted by atomic mass is 10.2. The van der Waals surface area contributed by atoms with Crippen molar-refractivity contribution in [2.45, 2.75) is 19.4 Å². The summed E-state index contributed by atoms with van der Waals surface area (Å²) in [7, 11) is 0. The van der Waals surface area contributed by atoms with Gasteiger partial charge in [0.2, 0.25) is 5.95 Å². The summed E-state index contributed by atoms with van der Waals surface area (Å²) in [6.45, 7) is 5.95. The van der Waals surface area contributed by atoms with Gasteiger partial charge < -0.3 is 24.5 Å². The fourth-order valence-corrected chi connectivity index (χ4v) is 2.95. The van der Waals surface area contributed by atoms with Crippen molar-refractivity contribution in [1.29, 1.82) is 0 Å². The molecule has 1 aliphatic heterocycles. The van der Waals surface area contributed by atoms with Crippen molar-refractivity contribution in [3.8, 4) is 6.01 Å². The topological polar surface area (TPSA) is 121 Å². The van der Waals surface area contributed by atoms with E-state index in [1.54, 1.807) is 13.8 Å². The molecule has 10 heteroatoms. The lowest BCUT2D eigenvalue weighted by molar-refractivity contribution is 0.0249. The molecule has 1 saturated heterocycles. The van der Waals surface area contributed by atoms with E-state index in [0.717, 1.165) is 16.6 Å². The summed E-state index contributed by atoms with van der Waals surface area (Å²) in [5.41, 5.74) is 3.88. The van der Waals surface area contributed by atoms with Crippen LogP contribution in [0.15, 0.2) is 35.6 Å². The predicted molar refractivity (Wildman–Crippen MR) is 114 cm³/mol. The van der Waals surface area contributed by atoms with Gasteiger partial charge in [0, 0.05) is 30.2 Å². The average molecular weight is 411 g/mol. The Balaban J connectivity index is 1.54. The highest BCUT2D eigenvalue weighted by Gasteiger charge is 2.19. The van der Waals surface area contributed by atoms with Gasteiger partial charge in [-0.1, -0.05) is 18.2 Å². The van der Waals surface area contributed by atoms with E-state index in [2.05, 4.69) is 30.5 Å². The fourth-order valence-electron chi connectivity index (χ4n) is 2.95. The van der Waals surface area contributed by atoms with Gasteiger partial charge in [0.05, 0.1) is 30.7 Å². The van der Waals surface area contributed by atoms with E-state index in [0.29, 0.717) is 38.1 Å². The molecule has 0 bridgehead atoms. The molecule has 3 heterocycles. The summed E-state index contributed by atoms with van der Waals surface area (Å²) >= 11 is 0. The van der Waals surface area contributed by atoms with Crippen molar-refractivity contribution in [3.05, 3.63) is 36.3 Å². The van der Waals surface area contributed by atoms with Gasteiger partial charge >= 0.3 is 6.01 Å². The minimum atomic E-state index is -1.00. The maximum atomic E-state index is 9.94. The Bertz CT molecular complexity index is 1020. The number of nitrogens with one attached hydrogen (secondary N) is 2. The zero-order valence-corrected chi connectivity index (χ0v) is 17.0. The van der Waals surface area contributed by atoms with Crippen LogP contribution in [0.1, 0.15) is 19.7 Å². The molecule has 0 spiro atoms. The second-order valence-corrected chi connectivity index (χ2v) is 7.59. The first-order chi connectivity index (χ1) is 14.5. The van der Waals surface area contributed by atoms with Crippen LogP contribution in [0.25, 0.3) is 10.9 Å². The first-order valence-corrected chi connectivity index (χ1v) is 9.77. The van der Waals surface area contributed by atoms with E-state index in [9.17, 15) is 5.11 Å². The van der Waals surface area contributed by atoms with E-state index in [1.807, 2.05) is 35.4 Å². The largest absolute Gasteiger partial charge is 0.460 e. The predicted octanol–water partition coefficient (Wildman–Crippen LogP) is 1.79. The van der Waals surface area contributed by atoms with Crippen LogP contribution in [0, 0.1) is 0 Å². The highest BCUT2D eigenvalue weighted by molar-refractivity contribution is 5.92. The lowest BCUT2D eigenvalue weighted by Crippen LogP contribution is -2.37. The third-order valence-corrected chi connectivity index (χ3v) is 4.42. The maximum Gasteiger partial charge on any atom is 0.321 e. The van der Waals surface area contributed by atoms with Crippen LogP contribution in [0.3, 0.4) is 0 Å². The lowest BCUT2D eigenvalue weighted by Gasteiger charge is -2.27. The molecule has 2 aromatic heterocycles. The number of hydrazone groups is 1. The quantitative estimate of drug-likeness (QED) is 0.397. The first-order valence-electron chi connectivity index (χ1n) is 9.77. The number of aliphatic hydroxyl groups is 1. The fraction of sp³-hybridized carbons (Fsp3) is 0.400. The normalized spacial score (nSPS) is 15.1. The van der Waals surface area contributed by atoms with E-state index >= 15 is 0 Å². The summed E-state index contributed by atoms with van der Waals surface area (Å²) in [6, 6.07) is 8.09. The number of morpholine rings is 1. The number of H-pyrrole nitrogens is 1. The van der Waals surface area contributed by atoms with E-state index in [-0.39, 0.29) is 12.6 Å². The van der Waals surface area contributed by atoms with Crippen molar-refractivity contribution < 1.29 is 14.6 Å². The molecule has 1 aromatic carbocycles. The van der Waals surface area contributed by atoms with Crippen LogP contribution < -0.4 is 15.1 Å². The van der Waals surface area contributed by atoms with Crippen LogP contribution in [-0.4, -0.2) is 69.8 Å². The molecule has 30 heavy (non-hydrogen) atoms. The highest BCUT2D eigenvalue weighted by Crippen LogP contribution is 2.22. The number of hydrogen-bond donors (Lipinski definition) is 3. The Morgan fingerprint density at radius 3 is 2.87 bits per heavy atom. The Morgan fingerprint density at radius 1 is 1.27 bits per heavy atom. The molecular weight excluding hydrogens is 386 g/mol.